The Morgan fingerprint density at radius 1 is 1.35 bits per heavy atom. The van der Waals surface area contributed by atoms with E-state index in [4.69, 9.17) is 0 Å². The van der Waals surface area contributed by atoms with Gasteiger partial charge in [-0.15, -0.1) is 11.3 Å². The minimum absolute atomic E-state index is 0.972. The molecule has 0 radical (unpaired) electrons. The van der Waals surface area contributed by atoms with Crippen molar-refractivity contribution in [2.24, 2.45) is 11.8 Å². The highest BCUT2D eigenvalue weighted by Gasteiger charge is 2.17. The molecule has 1 saturated carbocycles. The number of thiophene rings is 1. The summed E-state index contributed by atoms with van der Waals surface area (Å²) in [5.41, 5.74) is 0. The predicted octanol–water partition coefficient (Wildman–Crippen LogP) is 4.10. The van der Waals surface area contributed by atoms with Crippen LogP contribution in [-0.2, 0) is 6.42 Å². The van der Waals surface area contributed by atoms with Crippen LogP contribution in [0.2, 0.25) is 0 Å². The van der Waals surface area contributed by atoms with Crippen molar-refractivity contribution in [3.63, 3.8) is 0 Å². The van der Waals surface area contributed by atoms with Gasteiger partial charge in [0.15, 0.2) is 0 Å². The molecule has 1 aliphatic carbocycles. The second-order valence-corrected chi connectivity index (χ2v) is 6.54. The van der Waals surface area contributed by atoms with E-state index in [1.54, 1.807) is 0 Å². The van der Waals surface area contributed by atoms with Crippen LogP contribution in [0.4, 0.5) is 0 Å². The van der Waals surface area contributed by atoms with Gasteiger partial charge in [-0.2, -0.15) is 0 Å². The van der Waals surface area contributed by atoms with E-state index >= 15 is 0 Å². The first-order valence-electron chi connectivity index (χ1n) is 7.07. The largest absolute Gasteiger partial charge is 0.316 e. The average Bonchev–Trinajstić information content (AvgIpc) is 2.82. The molecule has 1 N–H and O–H groups in total. The first-order chi connectivity index (χ1) is 8.34. The molecule has 2 atom stereocenters. The zero-order valence-electron chi connectivity index (χ0n) is 11.0. The molecule has 0 aliphatic heterocycles. The summed E-state index contributed by atoms with van der Waals surface area (Å²) >= 11 is 1.87. The Hall–Kier alpha value is -0.340. The molecule has 1 fully saturated rings. The molecule has 2 rings (SSSR count). The highest BCUT2D eigenvalue weighted by Crippen LogP contribution is 2.30. The molecule has 2 heteroatoms. The molecule has 1 aromatic rings. The van der Waals surface area contributed by atoms with Gasteiger partial charge in [0.1, 0.15) is 0 Å². The van der Waals surface area contributed by atoms with Crippen LogP contribution in [0, 0.1) is 11.8 Å². The smallest absolute Gasteiger partial charge is 0.00578 e. The third-order valence-electron chi connectivity index (χ3n) is 3.90. The first kappa shape index (κ1) is 13.1. The maximum Gasteiger partial charge on any atom is 0.00578 e. The third-order valence-corrected chi connectivity index (χ3v) is 4.84. The number of rotatable bonds is 6. The van der Waals surface area contributed by atoms with Gasteiger partial charge in [-0.3, -0.25) is 0 Å². The second-order valence-electron chi connectivity index (χ2n) is 5.51. The first-order valence-corrected chi connectivity index (χ1v) is 7.95. The predicted molar refractivity (Wildman–Crippen MR) is 76.6 cm³/mol. The molecule has 0 bridgehead atoms. The van der Waals surface area contributed by atoms with Crippen molar-refractivity contribution in [2.45, 2.75) is 45.4 Å². The van der Waals surface area contributed by atoms with E-state index in [0.29, 0.717) is 0 Å². The molecule has 17 heavy (non-hydrogen) atoms. The molecule has 1 nitrogen and oxygen atoms in total. The van der Waals surface area contributed by atoms with Crippen LogP contribution < -0.4 is 5.32 Å². The lowest BCUT2D eigenvalue weighted by Crippen LogP contribution is -2.22. The zero-order valence-corrected chi connectivity index (χ0v) is 11.8. The molecule has 0 amide bonds. The van der Waals surface area contributed by atoms with Crippen molar-refractivity contribution in [1.82, 2.24) is 5.32 Å². The molecule has 0 aromatic carbocycles. The van der Waals surface area contributed by atoms with Crippen molar-refractivity contribution >= 4 is 11.3 Å². The van der Waals surface area contributed by atoms with Crippen molar-refractivity contribution in [3.05, 3.63) is 22.4 Å². The summed E-state index contributed by atoms with van der Waals surface area (Å²) in [5.74, 6) is 1.97. The third kappa shape index (κ3) is 4.81. The van der Waals surface area contributed by atoms with Gasteiger partial charge in [-0.05, 0) is 55.6 Å². The summed E-state index contributed by atoms with van der Waals surface area (Å²) in [4.78, 5) is 1.50. The Balaban J connectivity index is 1.51. The fourth-order valence-electron chi connectivity index (χ4n) is 2.92. The lowest BCUT2D eigenvalue weighted by Gasteiger charge is -2.26. The van der Waals surface area contributed by atoms with Gasteiger partial charge >= 0.3 is 0 Å². The van der Waals surface area contributed by atoms with E-state index < -0.39 is 0 Å². The summed E-state index contributed by atoms with van der Waals surface area (Å²) < 4.78 is 0. The van der Waals surface area contributed by atoms with E-state index in [1.807, 2.05) is 11.3 Å². The van der Waals surface area contributed by atoms with E-state index in [2.05, 4.69) is 29.8 Å². The van der Waals surface area contributed by atoms with Crippen molar-refractivity contribution < 1.29 is 0 Å². The van der Waals surface area contributed by atoms with Crippen LogP contribution in [0.25, 0.3) is 0 Å². The average molecular weight is 251 g/mol. The maximum absolute atomic E-state index is 3.59. The summed E-state index contributed by atoms with van der Waals surface area (Å²) in [6.07, 6.45) is 8.43. The molecule has 96 valence electrons. The van der Waals surface area contributed by atoms with Crippen LogP contribution in [-0.4, -0.2) is 13.1 Å². The van der Waals surface area contributed by atoms with E-state index in [0.717, 1.165) is 18.4 Å². The maximum atomic E-state index is 3.59. The van der Waals surface area contributed by atoms with Gasteiger partial charge in [0.05, 0.1) is 0 Å². The van der Waals surface area contributed by atoms with E-state index in [9.17, 15) is 0 Å². The summed E-state index contributed by atoms with van der Waals surface area (Å²) in [7, 11) is 0. The van der Waals surface area contributed by atoms with Gasteiger partial charge in [-0.1, -0.05) is 32.3 Å². The molecule has 1 aromatic heterocycles. The molecular weight excluding hydrogens is 226 g/mol. The van der Waals surface area contributed by atoms with Crippen LogP contribution in [0.3, 0.4) is 0 Å². The molecule has 0 spiro atoms. The molecule has 1 aliphatic rings. The van der Waals surface area contributed by atoms with Crippen LogP contribution in [0.5, 0.6) is 0 Å². The van der Waals surface area contributed by atoms with Crippen molar-refractivity contribution in [1.29, 1.82) is 0 Å². The monoisotopic (exact) mass is 251 g/mol. The Morgan fingerprint density at radius 2 is 2.29 bits per heavy atom. The number of nitrogens with one attached hydrogen (secondary N) is 1. The van der Waals surface area contributed by atoms with Crippen molar-refractivity contribution in [3.8, 4) is 0 Å². The van der Waals surface area contributed by atoms with Crippen LogP contribution in [0.15, 0.2) is 17.5 Å². The highest BCUT2D eigenvalue weighted by molar-refractivity contribution is 7.09. The Morgan fingerprint density at radius 3 is 3.06 bits per heavy atom. The Bertz CT molecular complexity index is 294. The molecular formula is C15H25NS. The summed E-state index contributed by atoms with van der Waals surface area (Å²) in [6.45, 7) is 4.77. The lowest BCUT2D eigenvalue weighted by molar-refractivity contribution is 0.268. The minimum atomic E-state index is 0.972. The zero-order chi connectivity index (χ0) is 11.9. The van der Waals surface area contributed by atoms with Crippen LogP contribution in [0.1, 0.15) is 43.9 Å². The Kier molecular flexibility index (Phi) is 5.53. The molecule has 0 saturated heterocycles. The van der Waals surface area contributed by atoms with Gasteiger partial charge in [0.25, 0.3) is 0 Å². The van der Waals surface area contributed by atoms with Gasteiger partial charge in [0, 0.05) is 4.88 Å². The minimum Gasteiger partial charge on any atom is -0.316 e. The van der Waals surface area contributed by atoms with Crippen molar-refractivity contribution in [2.75, 3.05) is 13.1 Å². The SMILES string of the molecule is CC1CCCC(CCNCCc2cccs2)C1. The van der Waals surface area contributed by atoms with Crippen LogP contribution >= 0.6 is 11.3 Å². The fraction of sp³-hybridized carbons (Fsp3) is 0.733. The fourth-order valence-corrected chi connectivity index (χ4v) is 3.63. The normalized spacial score (nSPS) is 25.0. The number of hydrogen-bond donors (Lipinski definition) is 1. The standard InChI is InChI=1S/C15H25NS/c1-13-4-2-5-14(12-13)7-9-16-10-8-15-6-3-11-17-15/h3,6,11,13-14,16H,2,4-5,7-10,12H2,1H3. The Labute approximate surface area is 110 Å². The topological polar surface area (TPSA) is 12.0 Å². The summed E-state index contributed by atoms with van der Waals surface area (Å²) in [5, 5.41) is 5.76. The molecule has 1 heterocycles. The van der Waals surface area contributed by atoms with Gasteiger partial charge in [-0.25, -0.2) is 0 Å². The highest BCUT2D eigenvalue weighted by atomic mass is 32.1. The number of hydrogen-bond acceptors (Lipinski definition) is 2. The lowest BCUT2D eigenvalue weighted by atomic mass is 9.81. The summed E-state index contributed by atoms with van der Waals surface area (Å²) in [6, 6.07) is 4.37. The van der Waals surface area contributed by atoms with Gasteiger partial charge in [0.2, 0.25) is 0 Å². The van der Waals surface area contributed by atoms with E-state index in [1.165, 1.54) is 49.9 Å². The quantitative estimate of drug-likeness (QED) is 0.751. The second kappa shape index (κ2) is 7.17. The molecule has 2 unspecified atom stereocenters. The van der Waals surface area contributed by atoms with E-state index in [-0.39, 0.29) is 0 Å². The van der Waals surface area contributed by atoms with Gasteiger partial charge < -0.3 is 5.32 Å².